The molecule has 0 aliphatic heterocycles. The van der Waals surface area contributed by atoms with Crippen LogP contribution in [-0.2, 0) is 0 Å². The molecule has 0 saturated heterocycles. The van der Waals surface area contributed by atoms with Crippen molar-refractivity contribution in [3.63, 3.8) is 0 Å². The summed E-state index contributed by atoms with van der Waals surface area (Å²) in [5.74, 6) is 0. The van der Waals surface area contributed by atoms with Crippen LogP contribution in [0.5, 0.6) is 0 Å². The standard InChI is InChI=1S/C17H15N/c1-2-16(14-8-4-3-5-9-14)18-13-12-15-10-6-7-11-17(15)18/h2-13,16H,1H2. The summed E-state index contributed by atoms with van der Waals surface area (Å²) in [5.41, 5.74) is 2.50. The molecular formula is C17H15N. The van der Waals surface area contributed by atoms with E-state index in [0.717, 1.165) is 0 Å². The zero-order chi connectivity index (χ0) is 12.4. The molecular weight excluding hydrogens is 218 g/mol. The summed E-state index contributed by atoms with van der Waals surface area (Å²) in [4.78, 5) is 0. The predicted molar refractivity (Wildman–Crippen MR) is 76.7 cm³/mol. The molecule has 1 heterocycles. The number of fused-ring (bicyclic) bond motifs is 1. The smallest absolute Gasteiger partial charge is 0.0767 e. The van der Waals surface area contributed by atoms with Gasteiger partial charge in [-0.3, -0.25) is 0 Å². The van der Waals surface area contributed by atoms with Crippen LogP contribution < -0.4 is 0 Å². The van der Waals surface area contributed by atoms with Crippen molar-refractivity contribution in [2.24, 2.45) is 0 Å². The Morgan fingerprint density at radius 1 is 0.889 bits per heavy atom. The van der Waals surface area contributed by atoms with Gasteiger partial charge in [-0.1, -0.05) is 54.6 Å². The monoisotopic (exact) mass is 233 g/mol. The van der Waals surface area contributed by atoms with E-state index in [4.69, 9.17) is 0 Å². The molecule has 88 valence electrons. The molecule has 0 bridgehead atoms. The number of hydrogen-bond donors (Lipinski definition) is 0. The first-order valence-corrected chi connectivity index (χ1v) is 6.13. The SMILES string of the molecule is C=CC(c1ccccc1)n1ccc2ccccc21. The van der Waals surface area contributed by atoms with Crippen LogP contribution in [0.1, 0.15) is 11.6 Å². The molecule has 2 aromatic carbocycles. The van der Waals surface area contributed by atoms with Crippen molar-refractivity contribution in [3.05, 3.63) is 85.1 Å². The molecule has 1 nitrogen and oxygen atoms in total. The van der Waals surface area contributed by atoms with Gasteiger partial charge in [0.05, 0.1) is 6.04 Å². The Kier molecular flexibility index (Phi) is 2.73. The van der Waals surface area contributed by atoms with Crippen LogP contribution in [-0.4, -0.2) is 4.57 Å². The van der Waals surface area contributed by atoms with E-state index in [9.17, 15) is 0 Å². The number of nitrogens with zero attached hydrogens (tertiary/aromatic N) is 1. The molecule has 0 radical (unpaired) electrons. The normalized spacial score (nSPS) is 12.4. The number of allylic oxidation sites excluding steroid dienone is 1. The first kappa shape index (κ1) is 10.8. The average molecular weight is 233 g/mol. The Balaban J connectivity index is 2.15. The Labute approximate surface area is 107 Å². The Morgan fingerprint density at radius 3 is 2.39 bits per heavy atom. The summed E-state index contributed by atoms with van der Waals surface area (Å²) in [7, 11) is 0. The van der Waals surface area contributed by atoms with Gasteiger partial charge in [-0.15, -0.1) is 6.58 Å². The fraction of sp³-hybridized carbons (Fsp3) is 0.0588. The molecule has 0 aliphatic carbocycles. The van der Waals surface area contributed by atoms with Crippen molar-refractivity contribution >= 4 is 10.9 Å². The molecule has 1 unspecified atom stereocenters. The van der Waals surface area contributed by atoms with Crippen molar-refractivity contribution in [1.82, 2.24) is 4.57 Å². The Bertz CT molecular complexity index is 664. The summed E-state index contributed by atoms with van der Waals surface area (Å²) in [6.07, 6.45) is 4.12. The highest BCUT2D eigenvalue weighted by Gasteiger charge is 2.11. The summed E-state index contributed by atoms with van der Waals surface area (Å²) < 4.78 is 2.26. The summed E-state index contributed by atoms with van der Waals surface area (Å²) >= 11 is 0. The van der Waals surface area contributed by atoms with E-state index in [-0.39, 0.29) is 6.04 Å². The van der Waals surface area contributed by atoms with E-state index in [1.807, 2.05) is 12.1 Å². The first-order valence-electron chi connectivity index (χ1n) is 6.13. The Hall–Kier alpha value is -2.28. The molecule has 1 atom stereocenters. The van der Waals surface area contributed by atoms with Gasteiger partial charge < -0.3 is 4.57 Å². The fourth-order valence-electron chi connectivity index (χ4n) is 2.41. The minimum atomic E-state index is 0.186. The average Bonchev–Trinajstić information content (AvgIpc) is 2.85. The highest BCUT2D eigenvalue weighted by atomic mass is 15.0. The number of para-hydroxylation sites is 1. The van der Waals surface area contributed by atoms with Crippen LogP contribution in [0, 0.1) is 0 Å². The second-order valence-corrected chi connectivity index (χ2v) is 4.37. The van der Waals surface area contributed by atoms with E-state index in [1.54, 1.807) is 0 Å². The lowest BCUT2D eigenvalue weighted by atomic mass is 10.1. The lowest BCUT2D eigenvalue weighted by Crippen LogP contribution is -2.06. The van der Waals surface area contributed by atoms with Gasteiger partial charge in [0.25, 0.3) is 0 Å². The largest absolute Gasteiger partial charge is 0.336 e. The number of rotatable bonds is 3. The predicted octanol–water partition coefficient (Wildman–Crippen LogP) is 4.42. The van der Waals surface area contributed by atoms with Gasteiger partial charge in [0.15, 0.2) is 0 Å². The number of aromatic nitrogens is 1. The van der Waals surface area contributed by atoms with Gasteiger partial charge in [0, 0.05) is 11.7 Å². The number of benzene rings is 2. The lowest BCUT2D eigenvalue weighted by molar-refractivity contribution is 0.731. The van der Waals surface area contributed by atoms with E-state index in [0.29, 0.717) is 0 Å². The van der Waals surface area contributed by atoms with Crippen molar-refractivity contribution in [1.29, 1.82) is 0 Å². The van der Waals surface area contributed by atoms with Crippen LogP contribution in [0.15, 0.2) is 79.5 Å². The fourth-order valence-corrected chi connectivity index (χ4v) is 2.41. The molecule has 18 heavy (non-hydrogen) atoms. The van der Waals surface area contributed by atoms with Crippen LogP contribution in [0.4, 0.5) is 0 Å². The van der Waals surface area contributed by atoms with Crippen LogP contribution in [0.3, 0.4) is 0 Å². The highest BCUT2D eigenvalue weighted by molar-refractivity contribution is 5.80. The topological polar surface area (TPSA) is 4.93 Å². The number of hydrogen-bond acceptors (Lipinski definition) is 0. The molecule has 0 N–H and O–H groups in total. The minimum absolute atomic E-state index is 0.186. The van der Waals surface area contributed by atoms with E-state index < -0.39 is 0 Å². The minimum Gasteiger partial charge on any atom is -0.336 e. The summed E-state index contributed by atoms with van der Waals surface area (Å²) in [5, 5.41) is 1.26. The molecule has 0 amide bonds. The molecule has 1 heteroatoms. The Morgan fingerprint density at radius 2 is 1.61 bits per heavy atom. The van der Waals surface area contributed by atoms with Gasteiger partial charge >= 0.3 is 0 Å². The van der Waals surface area contributed by atoms with Gasteiger partial charge in [-0.2, -0.15) is 0 Å². The third-order valence-corrected chi connectivity index (χ3v) is 3.29. The van der Waals surface area contributed by atoms with Crippen molar-refractivity contribution in [3.8, 4) is 0 Å². The maximum absolute atomic E-state index is 3.98. The van der Waals surface area contributed by atoms with E-state index in [2.05, 4.69) is 71.9 Å². The summed E-state index contributed by atoms with van der Waals surface area (Å²) in [6.45, 7) is 3.98. The van der Waals surface area contributed by atoms with Crippen LogP contribution in [0.25, 0.3) is 10.9 Å². The molecule has 0 saturated carbocycles. The maximum Gasteiger partial charge on any atom is 0.0767 e. The molecule has 0 aliphatic rings. The zero-order valence-corrected chi connectivity index (χ0v) is 10.2. The molecule has 3 rings (SSSR count). The van der Waals surface area contributed by atoms with Gasteiger partial charge in [0.2, 0.25) is 0 Å². The van der Waals surface area contributed by atoms with E-state index in [1.165, 1.54) is 16.5 Å². The summed E-state index contributed by atoms with van der Waals surface area (Å²) in [6, 6.07) is 21.2. The van der Waals surface area contributed by atoms with Gasteiger partial charge in [0.1, 0.15) is 0 Å². The molecule has 1 aromatic heterocycles. The first-order chi connectivity index (χ1) is 8.90. The molecule has 0 fully saturated rings. The third-order valence-electron chi connectivity index (χ3n) is 3.29. The van der Waals surface area contributed by atoms with Gasteiger partial charge in [-0.25, -0.2) is 0 Å². The molecule has 3 aromatic rings. The van der Waals surface area contributed by atoms with E-state index >= 15 is 0 Å². The maximum atomic E-state index is 3.98. The second-order valence-electron chi connectivity index (χ2n) is 4.37. The van der Waals surface area contributed by atoms with Crippen molar-refractivity contribution in [2.45, 2.75) is 6.04 Å². The highest BCUT2D eigenvalue weighted by Crippen LogP contribution is 2.25. The molecule has 0 spiro atoms. The van der Waals surface area contributed by atoms with Crippen LogP contribution in [0.2, 0.25) is 0 Å². The van der Waals surface area contributed by atoms with Crippen molar-refractivity contribution in [2.75, 3.05) is 0 Å². The third kappa shape index (κ3) is 1.74. The van der Waals surface area contributed by atoms with Crippen LogP contribution >= 0.6 is 0 Å². The zero-order valence-electron chi connectivity index (χ0n) is 10.2. The second kappa shape index (κ2) is 4.53. The quantitative estimate of drug-likeness (QED) is 0.590. The van der Waals surface area contributed by atoms with Crippen molar-refractivity contribution < 1.29 is 0 Å². The van der Waals surface area contributed by atoms with Gasteiger partial charge in [-0.05, 0) is 23.1 Å². The lowest BCUT2D eigenvalue weighted by Gasteiger charge is -2.16.